The minimum Gasteiger partial charge on any atom is -0.379 e. The number of amides is 1. The largest absolute Gasteiger partial charge is 0.379 e. The van der Waals surface area contributed by atoms with Crippen molar-refractivity contribution in [3.8, 4) is 0 Å². The van der Waals surface area contributed by atoms with Crippen molar-refractivity contribution in [2.24, 2.45) is 0 Å². The summed E-state index contributed by atoms with van der Waals surface area (Å²) >= 11 is 5.76. The fourth-order valence-electron chi connectivity index (χ4n) is 2.25. The third-order valence-corrected chi connectivity index (χ3v) is 3.52. The molecule has 0 atom stereocenters. The average molecular weight is 314 g/mol. The number of nitrogens with zero attached hydrogens (tertiary/aromatic N) is 3. The molecule has 1 amide bonds. The first-order valence-electron chi connectivity index (χ1n) is 7.17. The van der Waals surface area contributed by atoms with E-state index in [-0.39, 0.29) is 17.2 Å². The summed E-state index contributed by atoms with van der Waals surface area (Å²) in [5.74, 6) is -0.127. The zero-order chi connectivity index (χ0) is 15.1. The van der Waals surface area contributed by atoms with Gasteiger partial charge in [-0.3, -0.25) is 9.78 Å². The van der Waals surface area contributed by atoms with Crippen LogP contribution in [0.4, 0.5) is 0 Å². The van der Waals surface area contributed by atoms with Gasteiger partial charge in [-0.2, -0.15) is 0 Å². The predicted octanol–water partition coefficient (Wildman–Crippen LogP) is 1.79. The van der Waals surface area contributed by atoms with Crippen LogP contribution in [0.15, 0.2) is 12.4 Å². The summed E-state index contributed by atoms with van der Waals surface area (Å²) in [6.07, 6.45) is 4.70. The van der Waals surface area contributed by atoms with E-state index in [2.05, 4.69) is 9.97 Å². The molecule has 21 heavy (non-hydrogen) atoms. The number of hydrogen-bond donors (Lipinski definition) is 0. The van der Waals surface area contributed by atoms with Gasteiger partial charge in [0.25, 0.3) is 5.91 Å². The maximum absolute atomic E-state index is 12.3. The van der Waals surface area contributed by atoms with Crippen LogP contribution in [0.2, 0.25) is 5.15 Å². The van der Waals surface area contributed by atoms with Crippen LogP contribution < -0.4 is 0 Å². The molecular weight excluding hydrogens is 294 g/mol. The fourth-order valence-corrected chi connectivity index (χ4v) is 2.40. The molecule has 6 nitrogen and oxygen atoms in total. The Morgan fingerprint density at radius 2 is 2.14 bits per heavy atom. The van der Waals surface area contributed by atoms with E-state index in [9.17, 15) is 4.79 Å². The van der Waals surface area contributed by atoms with E-state index in [1.807, 2.05) is 6.92 Å². The minimum atomic E-state index is -0.127. The molecule has 1 saturated heterocycles. The zero-order valence-corrected chi connectivity index (χ0v) is 12.9. The van der Waals surface area contributed by atoms with Gasteiger partial charge in [0.1, 0.15) is 10.8 Å². The van der Waals surface area contributed by atoms with E-state index < -0.39 is 0 Å². The number of ether oxygens (including phenoxy) is 2. The third kappa shape index (κ3) is 4.91. The molecule has 0 unspecified atom stereocenters. The van der Waals surface area contributed by atoms with Crippen LogP contribution in [0, 0.1) is 0 Å². The van der Waals surface area contributed by atoms with Gasteiger partial charge in [0.15, 0.2) is 0 Å². The van der Waals surface area contributed by atoms with Crippen LogP contribution in [0.5, 0.6) is 0 Å². The molecule has 1 fully saturated rings. The van der Waals surface area contributed by atoms with Crippen molar-refractivity contribution in [1.29, 1.82) is 0 Å². The first-order valence-corrected chi connectivity index (χ1v) is 7.54. The lowest BCUT2D eigenvalue weighted by molar-refractivity contribution is -0.0183. The molecular formula is C14H20ClN3O3. The van der Waals surface area contributed by atoms with Crippen molar-refractivity contribution in [3.05, 3.63) is 23.2 Å². The molecule has 1 aliphatic heterocycles. The highest BCUT2D eigenvalue weighted by molar-refractivity contribution is 6.29. The van der Waals surface area contributed by atoms with Crippen molar-refractivity contribution < 1.29 is 14.3 Å². The Balaban J connectivity index is 1.77. The maximum atomic E-state index is 12.3. The summed E-state index contributed by atoms with van der Waals surface area (Å²) in [5, 5.41) is 0.231. The molecule has 0 radical (unpaired) electrons. The summed E-state index contributed by atoms with van der Waals surface area (Å²) in [7, 11) is 0. The molecule has 0 spiro atoms. The van der Waals surface area contributed by atoms with Gasteiger partial charge >= 0.3 is 0 Å². The van der Waals surface area contributed by atoms with E-state index in [4.69, 9.17) is 21.1 Å². The molecule has 2 heterocycles. The Bertz CT molecular complexity index is 465. The van der Waals surface area contributed by atoms with Crippen molar-refractivity contribution in [2.75, 3.05) is 32.9 Å². The Hall–Kier alpha value is -1.24. The maximum Gasteiger partial charge on any atom is 0.274 e. The normalized spacial score (nSPS) is 16.2. The third-order valence-electron chi connectivity index (χ3n) is 3.34. The monoisotopic (exact) mass is 313 g/mol. The molecule has 0 saturated carbocycles. The van der Waals surface area contributed by atoms with Gasteiger partial charge in [-0.05, 0) is 19.8 Å². The highest BCUT2D eigenvalue weighted by atomic mass is 35.5. The molecule has 1 aliphatic rings. The average Bonchev–Trinajstić information content (AvgIpc) is 2.51. The number of likely N-dealkylation sites (tertiary alicyclic amines) is 1. The van der Waals surface area contributed by atoms with Crippen LogP contribution in [-0.4, -0.2) is 59.8 Å². The Kier molecular flexibility index (Phi) is 6.35. The van der Waals surface area contributed by atoms with Crippen LogP contribution in [-0.2, 0) is 9.47 Å². The highest BCUT2D eigenvalue weighted by Crippen LogP contribution is 2.16. The Labute approximate surface area is 129 Å². The second-order valence-corrected chi connectivity index (χ2v) is 5.17. The van der Waals surface area contributed by atoms with Gasteiger partial charge in [0.05, 0.1) is 31.7 Å². The molecule has 7 heteroatoms. The van der Waals surface area contributed by atoms with Gasteiger partial charge in [-0.15, -0.1) is 0 Å². The van der Waals surface area contributed by atoms with Gasteiger partial charge in [-0.25, -0.2) is 4.98 Å². The van der Waals surface area contributed by atoms with E-state index in [0.717, 1.165) is 12.8 Å². The number of carbonyl (C=O) groups excluding carboxylic acids is 1. The van der Waals surface area contributed by atoms with E-state index in [0.29, 0.717) is 38.6 Å². The number of halogens is 1. The second kappa shape index (κ2) is 8.26. The molecule has 2 rings (SSSR count). The molecule has 1 aromatic heterocycles. The SMILES string of the molecule is CCOCCOC1CCN(C(=O)c2cncc(Cl)n2)CC1. The highest BCUT2D eigenvalue weighted by Gasteiger charge is 2.24. The van der Waals surface area contributed by atoms with Crippen molar-refractivity contribution in [3.63, 3.8) is 0 Å². The first kappa shape index (κ1) is 16.1. The van der Waals surface area contributed by atoms with Crippen molar-refractivity contribution in [2.45, 2.75) is 25.9 Å². The van der Waals surface area contributed by atoms with Gasteiger partial charge < -0.3 is 14.4 Å². The summed E-state index contributed by atoms with van der Waals surface area (Å²) in [4.78, 5) is 21.9. The molecule has 0 aliphatic carbocycles. The van der Waals surface area contributed by atoms with E-state index in [1.54, 1.807) is 4.90 Å². The Morgan fingerprint density at radius 1 is 1.38 bits per heavy atom. The van der Waals surface area contributed by atoms with Crippen molar-refractivity contribution >= 4 is 17.5 Å². The van der Waals surface area contributed by atoms with Gasteiger partial charge in [0, 0.05) is 19.7 Å². The second-order valence-electron chi connectivity index (χ2n) is 4.79. The summed E-state index contributed by atoms with van der Waals surface area (Å²) in [6.45, 7) is 5.21. The lowest BCUT2D eigenvalue weighted by Crippen LogP contribution is -2.41. The smallest absolute Gasteiger partial charge is 0.274 e. The van der Waals surface area contributed by atoms with Crippen LogP contribution in [0.3, 0.4) is 0 Å². The zero-order valence-electron chi connectivity index (χ0n) is 12.1. The first-order chi connectivity index (χ1) is 10.2. The van der Waals surface area contributed by atoms with Gasteiger partial charge in [-0.1, -0.05) is 11.6 Å². The summed E-state index contributed by atoms with van der Waals surface area (Å²) in [6, 6.07) is 0. The van der Waals surface area contributed by atoms with E-state index in [1.165, 1.54) is 12.4 Å². The van der Waals surface area contributed by atoms with Crippen LogP contribution in [0.25, 0.3) is 0 Å². The molecule has 0 bridgehead atoms. The standard InChI is InChI=1S/C14H20ClN3O3/c1-2-20-7-8-21-11-3-5-18(6-4-11)14(19)12-9-16-10-13(15)17-12/h9-11H,2-8H2,1H3. The van der Waals surface area contributed by atoms with E-state index >= 15 is 0 Å². The lowest BCUT2D eigenvalue weighted by atomic mass is 10.1. The Morgan fingerprint density at radius 3 is 2.81 bits per heavy atom. The number of hydrogen-bond acceptors (Lipinski definition) is 5. The number of carbonyl (C=O) groups is 1. The topological polar surface area (TPSA) is 64.6 Å². The number of aromatic nitrogens is 2. The summed E-state index contributed by atoms with van der Waals surface area (Å²) in [5.41, 5.74) is 0.290. The minimum absolute atomic E-state index is 0.127. The van der Waals surface area contributed by atoms with Crippen LogP contribution >= 0.6 is 11.6 Å². The van der Waals surface area contributed by atoms with Crippen LogP contribution in [0.1, 0.15) is 30.3 Å². The molecule has 1 aromatic rings. The summed E-state index contributed by atoms with van der Waals surface area (Å²) < 4.78 is 11.0. The quantitative estimate of drug-likeness (QED) is 0.749. The number of piperidine rings is 1. The fraction of sp³-hybridized carbons (Fsp3) is 0.643. The van der Waals surface area contributed by atoms with Gasteiger partial charge in [0.2, 0.25) is 0 Å². The molecule has 0 aromatic carbocycles. The van der Waals surface area contributed by atoms with Crippen molar-refractivity contribution in [1.82, 2.24) is 14.9 Å². The number of rotatable bonds is 6. The lowest BCUT2D eigenvalue weighted by Gasteiger charge is -2.31. The molecule has 0 N–H and O–H groups in total. The predicted molar refractivity (Wildman–Crippen MR) is 78.4 cm³/mol. The molecule has 116 valence electrons.